The van der Waals surface area contributed by atoms with Crippen LogP contribution in [-0.2, 0) is 11.4 Å². The second-order valence-corrected chi connectivity index (χ2v) is 8.80. The van der Waals surface area contributed by atoms with Crippen LogP contribution in [0.25, 0.3) is 6.08 Å². The number of hydrogen-bond donors (Lipinski definition) is 0. The number of amides is 1. The molecule has 1 saturated heterocycles. The van der Waals surface area contributed by atoms with Gasteiger partial charge in [0.05, 0.1) is 24.3 Å². The van der Waals surface area contributed by atoms with Crippen LogP contribution in [0.4, 0.5) is 5.69 Å². The van der Waals surface area contributed by atoms with E-state index in [1.807, 2.05) is 85.8 Å². The predicted molar refractivity (Wildman–Crippen MR) is 137 cm³/mol. The lowest BCUT2D eigenvalue weighted by atomic mass is 10.1. The molecule has 1 aliphatic rings. The quantitative estimate of drug-likeness (QED) is 0.290. The number of rotatable bonds is 8. The van der Waals surface area contributed by atoms with Gasteiger partial charge in [0, 0.05) is 0 Å². The molecule has 0 atom stereocenters. The molecule has 0 aromatic heterocycles. The Morgan fingerprint density at radius 3 is 2.42 bits per heavy atom. The molecule has 1 amide bonds. The zero-order valence-electron chi connectivity index (χ0n) is 18.3. The van der Waals surface area contributed by atoms with Crippen LogP contribution in [0.3, 0.4) is 0 Å². The van der Waals surface area contributed by atoms with E-state index in [1.54, 1.807) is 7.11 Å². The average molecular weight is 478 g/mol. The Kier molecular flexibility index (Phi) is 7.32. The lowest BCUT2D eigenvalue weighted by Gasteiger charge is -2.15. The first-order valence-corrected chi connectivity index (χ1v) is 11.7. The van der Waals surface area contributed by atoms with Gasteiger partial charge in [0.25, 0.3) is 5.91 Å². The van der Waals surface area contributed by atoms with Crippen molar-refractivity contribution in [1.29, 1.82) is 0 Å². The second kappa shape index (κ2) is 10.6. The Morgan fingerprint density at radius 1 is 0.970 bits per heavy atom. The molecule has 5 nitrogen and oxygen atoms in total. The molecule has 1 fully saturated rings. The maximum absolute atomic E-state index is 13.1. The van der Waals surface area contributed by atoms with E-state index < -0.39 is 0 Å². The van der Waals surface area contributed by atoms with Crippen LogP contribution in [0, 0.1) is 0 Å². The number of anilines is 1. The lowest BCUT2D eigenvalue weighted by Crippen LogP contribution is -2.27. The van der Waals surface area contributed by atoms with Crippen molar-refractivity contribution in [2.24, 2.45) is 0 Å². The van der Waals surface area contributed by atoms with Crippen molar-refractivity contribution in [3.8, 4) is 17.2 Å². The van der Waals surface area contributed by atoms with Gasteiger partial charge >= 0.3 is 0 Å². The van der Waals surface area contributed by atoms with Crippen LogP contribution < -0.4 is 19.1 Å². The molecule has 4 rings (SSSR count). The highest BCUT2D eigenvalue weighted by Gasteiger charge is 2.33. The minimum atomic E-state index is -0.155. The summed E-state index contributed by atoms with van der Waals surface area (Å²) in [6.07, 6.45) is 1.82. The zero-order chi connectivity index (χ0) is 23.2. The average Bonchev–Trinajstić information content (AvgIpc) is 3.12. The van der Waals surface area contributed by atoms with Crippen LogP contribution in [0.1, 0.15) is 18.1 Å². The van der Waals surface area contributed by atoms with Gasteiger partial charge in [0.1, 0.15) is 12.4 Å². The van der Waals surface area contributed by atoms with E-state index in [2.05, 4.69) is 0 Å². The summed E-state index contributed by atoms with van der Waals surface area (Å²) in [5.74, 6) is 1.84. The monoisotopic (exact) mass is 477 g/mol. The molecule has 0 bridgehead atoms. The van der Waals surface area contributed by atoms with Gasteiger partial charge in [-0.1, -0.05) is 60.4 Å². The molecular weight excluding hydrogens is 454 g/mol. The van der Waals surface area contributed by atoms with Crippen molar-refractivity contribution in [3.05, 3.63) is 88.8 Å². The Labute approximate surface area is 203 Å². The smallest absolute Gasteiger partial charge is 0.270 e. The summed E-state index contributed by atoms with van der Waals surface area (Å²) in [6, 6.07) is 22.9. The molecule has 0 unspecified atom stereocenters. The Bertz CT molecular complexity index is 1180. The van der Waals surface area contributed by atoms with Crippen LogP contribution in [0.5, 0.6) is 17.2 Å². The Balaban J connectivity index is 1.51. The fraction of sp³-hybridized carbons (Fsp3) is 0.154. The first-order chi connectivity index (χ1) is 16.1. The number of thioether (sulfide) groups is 1. The van der Waals surface area contributed by atoms with Gasteiger partial charge in [-0.05, 0) is 60.5 Å². The van der Waals surface area contributed by atoms with Crippen LogP contribution in [-0.4, -0.2) is 23.9 Å². The molecular formula is C26H23NO4S2. The molecule has 3 aromatic carbocycles. The third-order valence-electron chi connectivity index (χ3n) is 4.92. The molecule has 0 saturated carbocycles. The van der Waals surface area contributed by atoms with Crippen molar-refractivity contribution in [2.45, 2.75) is 13.5 Å². The van der Waals surface area contributed by atoms with Crippen molar-refractivity contribution < 1.29 is 19.0 Å². The normalized spacial score (nSPS) is 14.6. The highest BCUT2D eigenvalue weighted by Crippen LogP contribution is 2.37. The number of carbonyl (C=O) groups is 1. The van der Waals surface area contributed by atoms with Gasteiger partial charge in [-0.15, -0.1) is 0 Å². The van der Waals surface area contributed by atoms with Gasteiger partial charge in [-0.3, -0.25) is 9.69 Å². The molecule has 3 aromatic rings. The minimum Gasteiger partial charge on any atom is -0.494 e. The summed E-state index contributed by atoms with van der Waals surface area (Å²) < 4.78 is 17.4. The summed E-state index contributed by atoms with van der Waals surface area (Å²) in [6.45, 7) is 2.96. The summed E-state index contributed by atoms with van der Waals surface area (Å²) in [5, 5.41) is 0. The van der Waals surface area contributed by atoms with Crippen molar-refractivity contribution in [3.63, 3.8) is 0 Å². The fourth-order valence-electron chi connectivity index (χ4n) is 3.33. The van der Waals surface area contributed by atoms with E-state index in [4.69, 9.17) is 26.4 Å². The first-order valence-electron chi connectivity index (χ1n) is 10.4. The van der Waals surface area contributed by atoms with Gasteiger partial charge in [0.15, 0.2) is 15.8 Å². The standard InChI is InChI=1S/C26H23NO4S2/c1-3-30-21-12-10-20(11-13-21)27-25(28)24(33-26(27)32)16-19-9-14-22(23(15-19)29-2)31-17-18-7-5-4-6-8-18/h4-16H,3,17H2,1-2H3/b24-16+. The zero-order valence-corrected chi connectivity index (χ0v) is 19.9. The number of benzene rings is 3. The first kappa shape index (κ1) is 22.9. The third-order valence-corrected chi connectivity index (χ3v) is 6.22. The molecule has 0 N–H and O–H groups in total. The van der Waals surface area contributed by atoms with Crippen LogP contribution in [0.15, 0.2) is 77.7 Å². The van der Waals surface area contributed by atoms with Gasteiger partial charge < -0.3 is 14.2 Å². The maximum atomic E-state index is 13.1. The maximum Gasteiger partial charge on any atom is 0.270 e. The molecule has 1 heterocycles. The fourth-order valence-corrected chi connectivity index (χ4v) is 4.63. The molecule has 33 heavy (non-hydrogen) atoms. The highest BCUT2D eigenvalue weighted by molar-refractivity contribution is 8.27. The van der Waals surface area contributed by atoms with Crippen LogP contribution >= 0.6 is 24.0 Å². The topological polar surface area (TPSA) is 48.0 Å². The largest absolute Gasteiger partial charge is 0.494 e. The van der Waals surface area contributed by atoms with E-state index in [-0.39, 0.29) is 5.91 Å². The van der Waals surface area contributed by atoms with E-state index in [9.17, 15) is 4.79 Å². The molecule has 0 aliphatic carbocycles. The summed E-state index contributed by atoms with van der Waals surface area (Å²) in [5.41, 5.74) is 2.61. The Hall–Kier alpha value is -3.29. The molecule has 0 spiro atoms. The minimum absolute atomic E-state index is 0.155. The molecule has 1 aliphatic heterocycles. The molecule has 0 radical (unpaired) electrons. The number of ether oxygens (including phenoxy) is 3. The highest BCUT2D eigenvalue weighted by atomic mass is 32.2. The number of thiocarbonyl (C=S) groups is 1. The van der Waals surface area contributed by atoms with E-state index in [0.717, 1.165) is 16.9 Å². The number of methoxy groups -OCH3 is 1. The van der Waals surface area contributed by atoms with Crippen molar-refractivity contribution in [1.82, 2.24) is 0 Å². The summed E-state index contributed by atoms with van der Waals surface area (Å²) in [4.78, 5) is 15.2. The van der Waals surface area contributed by atoms with E-state index in [1.165, 1.54) is 16.7 Å². The summed E-state index contributed by atoms with van der Waals surface area (Å²) >= 11 is 6.76. The van der Waals surface area contributed by atoms with E-state index in [0.29, 0.717) is 39.6 Å². The number of carbonyl (C=O) groups excluding carboxylic acids is 1. The molecule has 7 heteroatoms. The number of nitrogens with zero attached hydrogens (tertiary/aromatic N) is 1. The second-order valence-electron chi connectivity index (χ2n) is 7.13. The predicted octanol–water partition coefficient (Wildman–Crippen LogP) is 6.08. The SMILES string of the molecule is CCOc1ccc(N2C(=O)/C(=C\c3ccc(OCc4ccccc4)c(OC)c3)SC2=S)cc1. The van der Waals surface area contributed by atoms with E-state index >= 15 is 0 Å². The lowest BCUT2D eigenvalue weighted by molar-refractivity contribution is -0.113. The molecule has 168 valence electrons. The Morgan fingerprint density at radius 2 is 1.73 bits per heavy atom. The van der Waals surface area contributed by atoms with Gasteiger partial charge in [0.2, 0.25) is 0 Å². The summed E-state index contributed by atoms with van der Waals surface area (Å²) in [7, 11) is 1.60. The van der Waals surface area contributed by atoms with Gasteiger partial charge in [-0.25, -0.2) is 0 Å². The van der Waals surface area contributed by atoms with Crippen molar-refractivity contribution >= 4 is 46.0 Å². The van der Waals surface area contributed by atoms with Crippen LogP contribution in [0.2, 0.25) is 0 Å². The third kappa shape index (κ3) is 5.38. The number of hydrogen-bond acceptors (Lipinski definition) is 6. The van der Waals surface area contributed by atoms with Crippen molar-refractivity contribution in [2.75, 3.05) is 18.6 Å². The van der Waals surface area contributed by atoms with Gasteiger partial charge in [-0.2, -0.15) is 0 Å².